The van der Waals surface area contributed by atoms with Gasteiger partial charge in [-0.25, -0.2) is 0 Å². The highest BCUT2D eigenvalue weighted by Crippen LogP contribution is 2.22. The van der Waals surface area contributed by atoms with E-state index < -0.39 is 0 Å². The van der Waals surface area contributed by atoms with Crippen molar-refractivity contribution < 1.29 is 14.3 Å². The first kappa shape index (κ1) is 17.7. The standard InChI is InChI=1S/C17H32N2O3/c1-5-21-17(20)15(4)19-8-6-16(7-9-19)12-18-10-13(2)22-14(3)11-18/h13-16H,5-12H2,1-4H3/t13-,14-,15+/m0/s1. The van der Waals surface area contributed by atoms with Crippen LogP contribution >= 0.6 is 0 Å². The van der Waals surface area contributed by atoms with E-state index in [2.05, 4.69) is 23.6 Å². The van der Waals surface area contributed by atoms with E-state index in [0.717, 1.165) is 32.1 Å². The molecule has 128 valence electrons. The minimum absolute atomic E-state index is 0.0863. The Morgan fingerprint density at radius 1 is 1.23 bits per heavy atom. The topological polar surface area (TPSA) is 42.0 Å². The average molecular weight is 312 g/mol. The highest BCUT2D eigenvalue weighted by molar-refractivity contribution is 5.75. The van der Waals surface area contributed by atoms with Gasteiger partial charge in [-0.3, -0.25) is 14.6 Å². The molecule has 0 aliphatic carbocycles. The smallest absolute Gasteiger partial charge is 0.323 e. The highest BCUT2D eigenvalue weighted by atomic mass is 16.5. The molecule has 0 radical (unpaired) electrons. The van der Waals surface area contributed by atoms with Gasteiger partial charge in [-0.05, 0) is 59.5 Å². The Labute approximate surface area is 134 Å². The number of hydrogen-bond donors (Lipinski definition) is 0. The van der Waals surface area contributed by atoms with Crippen molar-refractivity contribution in [1.29, 1.82) is 0 Å². The van der Waals surface area contributed by atoms with E-state index in [1.54, 1.807) is 0 Å². The Hall–Kier alpha value is -0.650. The Balaban J connectivity index is 1.74. The molecule has 0 unspecified atom stereocenters. The Morgan fingerprint density at radius 2 is 1.82 bits per heavy atom. The molecule has 0 amide bonds. The fourth-order valence-corrected chi connectivity index (χ4v) is 3.73. The largest absolute Gasteiger partial charge is 0.465 e. The number of esters is 1. The number of ether oxygens (including phenoxy) is 2. The van der Waals surface area contributed by atoms with Gasteiger partial charge in [0.15, 0.2) is 0 Å². The summed E-state index contributed by atoms with van der Waals surface area (Å²) in [7, 11) is 0. The first-order chi connectivity index (χ1) is 10.5. The highest BCUT2D eigenvalue weighted by Gasteiger charge is 2.30. The molecule has 0 N–H and O–H groups in total. The van der Waals surface area contributed by atoms with Gasteiger partial charge in [0, 0.05) is 19.6 Å². The summed E-state index contributed by atoms with van der Waals surface area (Å²) in [6.45, 7) is 13.9. The summed E-state index contributed by atoms with van der Waals surface area (Å²) in [5, 5.41) is 0. The van der Waals surface area contributed by atoms with Crippen LogP contribution in [0.2, 0.25) is 0 Å². The SMILES string of the molecule is CCOC(=O)[C@@H](C)N1CCC(CN2C[C@H](C)O[C@@H](C)C2)CC1. The van der Waals surface area contributed by atoms with Gasteiger partial charge < -0.3 is 9.47 Å². The van der Waals surface area contributed by atoms with Gasteiger partial charge in [0.25, 0.3) is 0 Å². The summed E-state index contributed by atoms with van der Waals surface area (Å²) < 4.78 is 10.9. The number of likely N-dealkylation sites (tertiary alicyclic amines) is 1. The molecular weight excluding hydrogens is 280 g/mol. The van der Waals surface area contributed by atoms with Crippen molar-refractivity contribution in [2.24, 2.45) is 5.92 Å². The van der Waals surface area contributed by atoms with Crippen LogP contribution in [0.3, 0.4) is 0 Å². The third-order valence-electron chi connectivity index (χ3n) is 4.84. The normalized spacial score (nSPS) is 30.2. The van der Waals surface area contributed by atoms with Gasteiger partial charge in [-0.1, -0.05) is 0 Å². The van der Waals surface area contributed by atoms with E-state index in [9.17, 15) is 4.79 Å². The minimum atomic E-state index is -0.107. The third-order valence-corrected chi connectivity index (χ3v) is 4.84. The zero-order valence-corrected chi connectivity index (χ0v) is 14.6. The van der Waals surface area contributed by atoms with Gasteiger partial charge in [0.2, 0.25) is 0 Å². The van der Waals surface area contributed by atoms with Crippen molar-refractivity contribution in [3.05, 3.63) is 0 Å². The molecule has 0 aromatic rings. The number of rotatable bonds is 5. The first-order valence-electron chi connectivity index (χ1n) is 8.78. The number of morpholine rings is 1. The summed E-state index contributed by atoms with van der Waals surface area (Å²) in [6, 6.07) is -0.107. The second-order valence-corrected chi connectivity index (χ2v) is 6.88. The molecule has 5 heteroatoms. The van der Waals surface area contributed by atoms with Gasteiger partial charge in [-0.15, -0.1) is 0 Å². The Morgan fingerprint density at radius 3 is 2.36 bits per heavy atom. The van der Waals surface area contributed by atoms with Crippen LogP contribution in [-0.2, 0) is 14.3 Å². The van der Waals surface area contributed by atoms with Gasteiger partial charge >= 0.3 is 5.97 Å². The monoisotopic (exact) mass is 312 g/mol. The van der Waals surface area contributed by atoms with Gasteiger partial charge in [0.05, 0.1) is 18.8 Å². The Bertz CT molecular complexity index is 346. The molecule has 22 heavy (non-hydrogen) atoms. The lowest BCUT2D eigenvalue weighted by atomic mass is 9.94. The summed E-state index contributed by atoms with van der Waals surface area (Å²) in [4.78, 5) is 16.6. The van der Waals surface area contributed by atoms with Crippen LogP contribution < -0.4 is 0 Å². The molecule has 2 saturated heterocycles. The van der Waals surface area contributed by atoms with E-state index in [1.165, 1.54) is 19.4 Å². The molecule has 2 rings (SSSR count). The van der Waals surface area contributed by atoms with E-state index in [4.69, 9.17) is 9.47 Å². The molecule has 2 heterocycles. The fourth-order valence-electron chi connectivity index (χ4n) is 3.73. The molecule has 2 aliphatic heterocycles. The number of hydrogen-bond acceptors (Lipinski definition) is 5. The second kappa shape index (κ2) is 8.27. The van der Waals surface area contributed by atoms with E-state index in [0.29, 0.717) is 18.8 Å². The van der Waals surface area contributed by atoms with Crippen LogP contribution in [0, 0.1) is 5.92 Å². The maximum absolute atomic E-state index is 11.8. The van der Waals surface area contributed by atoms with E-state index in [1.807, 2.05) is 13.8 Å². The third kappa shape index (κ3) is 4.93. The maximum atomic E-state index is 11.8. The van der Waals surface area contributed by atoms with Gasteiger partial charge in [-0.2, -0.15) is 0 Å². The number of piperidine rings is 1. The molecule has 3 atom stereocenters. The number of nitrogens with zero attached hydrogens (tertiary/aromatic N) is 2. The minimum Gasteiger partial charge on any atom is -0.465 e. The predicted octanol–water partition coefficient (Wildman–Crippen LogP) is 1.76. The summed E-state index contributed by atoms with van der Waals surface area (Å²) >= 11 is 0. The van der Waals surface area contributed by atoms with Crippen molar-refractivity contribution in [3.63, 3.8) is 0 Å². The lowest BCUT2D eigenvalue weighted by Gasteiger charge is -2.40. The molecule has 2 fully saturated rings. The summed E-state index contributed by atoms with van der Waals surface area (Å²) in [5.41, 5.74) is 0. The number of carbonyl (C=O) groups excluding carboxylic acids is 1. The van der Waals surface area contributed by atoms with Crippen molar-refractivity contribution in [2.75, 3.05) is 39.3 Å². The zero-order chi connectivity index (χ0) is 16.1. The van der Waals surface area contributed by atoms with Crippen molar-refractivity contribution in [2.45, 2.75) is 58.8 Å². The molecule has 0 bridgehead atoms. The lowest BCUT2D eigenvalue weighted by molar-refractivity contribution is -0.149. The maximum Gasteiger partial charge on any atom is 0.323 e. The van der Waals surface area contributed by atoms with Gasteiger partial charge in [0.1, 0.15) is 6.04 Å². The van der Waals surface area contributed by atoms with Crippen LogP contribution in [-0.4, -0.2) is 73.3 Å². The van der Waals surface area contributed by atoms with Crippen LogP contribution in [0.1, 0.15) is 40.5 Å². The summed E-state index contributed by atoms with van der Waals surface area (Å²) in [5.74, 6) is 0.653. The molecule has 0 aromatic carbocycles. The van der Waals surface area contributed by atoms with E-state index >= 15 is 0 Å². The van der Waals surface area contributed by atoms with E-state index in [-0.39, 0.29) is 12.0 Å². The lowest BCUT2D eigenvalue weighted by Crippen LogP contribution is -2.49. The molecule has 5 nitrogen and oxygen atoms in total. The fraction of sp³-hybridized carbons (Fsp3) is 0.941. The first-order valence-corrected chi connectivity index (χ1v) is 8.78. The molecule has 0 aromatic heterocycles. The van der Waals surface area contributed by atoms with Crippen molar-refractivity contribution in [1.82, 2.24) is 9.80 Å². The van der Waals surface area contributed by atoms with Crippen LogP contribution in [0.5, 0.6) is 0 Å². The zero-order valence-electron chi connectivity index (χ0n) is 14.6. The predicted molar refractivity (Wildman–Crippen MR) is 86.8 cm³/mol. The average Bonchev–Trinajstić information content (AvgIpc) is 2.46. The quantitative estimate of drug-likeness (QED) is 0.724. The van der Waals surface area contributed by atoms with Crippen LogP contribution in [0.25, 0.3) is 0 Å². The summed E-state index contributed by atoms with van der Waals surface area (Å²) in [6.07, 6.45) is 3.02. The molecule has 2 aliphatic rings. The van der Waals surface area contributed by atoms with Crippen LogP contribution in [0.4, 0.5) is 0 Å². The second-order valence-electron chi connectivity index (χ2n) is 6.88. The molecule has 0 saturated carbocycles. The molecule has 0 spiro atoms. The van der Waals surface area contributed by atoms with Crippen molar-refractivity contribution in [3.8, 4) is 0 Å². The number of carbonyl (C=O) groups is 1. The van der Waals surface area contributed by atoms with Crippen LogP contribution in [0.15, 0.2) is 0 Å². The Kier molecular flexibility index (Phi) is 6.66. The molecular formula is C17H32N2O3. The van der Waals surface area contributed by atoms with Crippen molar-refractivity contribution >= 4 is 5.97 Å².